The zero-order valence-electron chi connectivity index (χ0n) is 15.9. The van der Waals surface area contributed by atoms with E-state index in [4.69, 9.17) is 0 Å². The van der Waals surface area contributed by atoms with Crippen molar-refractivity contribution in [3.63, 3.8) is 0 Å². The molecule has 8 nitrogen and oxygen atoms in total. The van der Waals surface area contributed by atoms with Gasteiger partial charge >= 0.3 is 6.18 Å². The molecule has 0 amide bonds. The number of rotatable bonds is 4. The van der Waals surface area contributed by atoms with E-state index in [0.29, 0.717) is 12.5 Å². The third-order valence-corrected chi connectivity index (χ3v) is 4.40. The molecule has 0 radical (unpaired) electrons. The molecule has 1 unspecified atom stereocenters. The fourth-order valence-corrected chi connectivity index (χ4v) is 3.10. The summed E-state index contributed by atoms with van der Waals surface area (Å²) in [6.07, 6.45) is -0.698. The molecule has 3 heterocycles. The Morgan fingerprint density at radius 2 is 2.11 bits per heavy atom. The third-order valence-electron chi connectivity index (χ3n) is 4.40. The highest BCUT2D eigenvalue weighted by Crippen LogP contribution is 2.30. The minimum absolute atomic E-state index is 0. The number of aliphatic imine (C=N–C) groups is 1. The van der Waals surface area contributed by atoms with Crippen molar-refractivity contribution in [1.82, 2.24) is 35.2 Å². The van der Waals surface area contributed by atoms with Crippen LogP contribution in [0, 0.1) is 0 Å². The number of aryl methyl sites for hydroxylation is 3. The standard InChI is InChI=1S/C16H23F3N8.HI/c1-4-12-23-13-6-5-11(9-27(13)24-12)22-15(20-2)21-7-10-8-26(3)25-14(10)16(17,18)19;/h8,11H,4-7,9H2,1-3H3,(H2,20,21,22);1H. The first kappa shape index (κ1) is 22.4. The summed E-state index contributed by atoms with van der Waals surface area (Å²) in [5.74, 6) is 2.23. The number of guanidine groups is 1. The van der Waals surface area contributed by atoms with Gasteiger partial charge in [-0.1, -0.05) is 6.92 Å². The number of alkyl halides is 3. The second kappa shape index (κ2) is 9.09. The predicted octanol–water partition coefficient (Wildman–Crippen LogP) is 1.89. The van der Waals surface area contributed by atoms with Crippen molar-refractivity contribution in [2.75, 3.05) is 7.05 Å². The van der Waals surface area contributed by atoms with Gasteiger partial charge in [-0.3, -0.25) is 9.67 Å². The molecule has 28 heavy (non-hydrogen) atoms. The normalized spacial score (nSPS) is 17.1. The van der Waals surface area contributed by atoms with Crippen LogP contribution < -0.4 is 10.6 Å². The Balaban J connectivity index is 0.00000280. The highest BCUT2D eigenvalue weighted by atomic mass is 127. The molecule has 2 N–H and O–H groups in total. The van der Waals surface area contributed by atoms with Crippen LogP contribution in [-0.4, -0.2) is 43.6 Å². The van der Waals surface area contributed by atoms with Gasteiger partial charge < -0.3 is 10.6 Å². The van der Waals surface area contributed by atoms with Gasteiger partial charge in [0.05, 0.1) is 6.54 Å². The number of nitrogens with one attached hydrogen (secondary N) is 2. The fourth-order valence-electron chi connectivity index (χ4n) is 3.10. The Morgan fingerprint density at radius 3 is 2.75 bits per heavy atom. The van der Waals surface area contributed by atoms with Gasteiger partial charge in [-0.2, -0.15) is 23.4 Å². The lowest BCUT2D eigenvalue weighted by molar-refractivity contribution is -0.142. The average Bonchev–Trinajstić information content (AvgIpc) is 3.20. The van der Waals surface area contributed by atoms with Gasteiger partial charge in [0.2, 0.25) is 0 Å². The van der Waals surface area contributed by atoms with Gasteiger partial charge in [0, 0.05) is 51.3 Å². The zero-order chi connectivity index (χ0) is 19.6. The number of hydrogen-bond donors (Lipinski definition) is 2. The van der Waals surface area contributed by atoms with E-state index in [1.54, 1.807) is 7.05 Å². The molecule has 0 spiro atoms. The Morgan fingerprint density at radius 1 is 1.36 bits per heavy atom. The molecular weight excluding hydrogens is 488 g/mol. The monoisotopic (exact) mass is 512 g/mol. The van der Waals surface area contributed by atoms with Crippen LogP contribution in [0.3, 0.4) is 0 Å². The largest absolute Gasteiger partial charge is 0.435 e. The number of hydrogen-bond acceptors (Lipinski definition) is 4. The van der Waals surface area contributed by atoms with Gasteiger partial charge in [0.25, 0.3) is 0 Å². The lowest BCUT2D eigenvalue weighted by Crippen LogP contribution is -2.46. The number of fused-ring (bicyclic) bond motifs is 1. The minimum atomic E-state index is -4.49. The first-order valence-corrected chi connectivity index (χ1v) is 8.79. The molecular formula is C16H24F3IN8. The van der Waals surface area contributed by atoms with Crippen molar-refractivity contribution in [1.29, 1.82) is 0 Å². The first-order valence-electron chi connectivity index (χ1n) is 8.79. The van der Waals surface area contributed by atoms with E-state index >= 15 is 0 Å². The Hall–Kier alpha value is -1.86. The molecule has 0 aliphatic carbocycles. The van der Waals surface area contributed by atoms with Crippen LogP contribution in [0.4, 0.5) is 13.2 Å². The molecule has 0 bridgehead atoms. The number of aromatic nitrogens is 5. The molecule has 1 aliphatic heterocycles. The summed E-state index contributed by atoms with van der Waals surface area (Å²) in [5, 5.41) is 14.2. The molecule has 0 saturated carbocycles. The van der Waals surface area contributed by atoms with Crippen LogP contribution in [0.5, 0.6) is 0 Å². The maximum atomic E-state index is 13.0. The van der Waals surface area contributed by atoms with Gasteiger partial charge in [0.1, 0.15) is 5.82 Å². The third kappa shape index (κ3) is 5.14. The van der Waals surface area contributed by atoms with Crippen LogP contribution in [-0.2, 0) is 39.2 Å². The molecule has 3 rings (SSSR count). The maximum absolute atomic E-state index is 13.0. The van der Waals surface area contributed by atoms with Gasteiger partial charge in [-0.15, -0.1) is 24.0 Å². The summed E-state index contributed by atoms with van der Waals surface area (Å²) in [7, 11) is 3.05. The molecule has 0 aromatic carbocycles. The average molecular weight is 512 g/mol. The fraction of sp³-hybridized carbons (Fsp3) is 0.625. The molecule has 2 aromatic heterocycles. The first-order chi connectivity index (χ1) is 12.8. The molecule has 156 valence electrons. The van der Waals surface area contributed by atoms with Crippen LogP contribution in [0.25, 0.3) is 0 Å². The Labute approximate surface area is 178 Å². The SMILES string of the molecule is CCc1nc2n(n1)CC(NC(=NC)NCc1cn(C)nc1C(F)(F)F)CC2.I. The van der Waals surface area contributed by atoms with Crippen molar-refractivity contribution in [3.8, 4) is 0 Å². The molecule has 1 atom stereocenters. The summed E-state index contributed by atoms with van der Waals surface area (Å²) in [6, 6.07) is 0.0751. The summed E-state index contributed by atoms with van der Waals surface area (Å²) < 4.78 is 42.2. The summed E-state index contributed by atoms with van der Waals surface area (Å²) in [4.78, 5) is 8.59. The van der Waals surface area contributed by atoms with E-state index in [-0.39, 0.29) is 42.1 Å². The molecule has 0 fully saturated rings. The Kier molecular flexibility index (Phi) is 7.28. The zero-order valence-corrected chi connectivity index (χ0v) is 18.2. The van der Waals surface area contributed by atoms with Crippen molar-refractivity contribution < 1.29 is 13.2 Å². The molecule has 0 saturated heterocycles. The number of nitrogens with zero attached hydrogens (tertiary/aromatic N) is 6. The molecule has 12 heteroatoms. The van der Waals surface area contributed by atoms with Crippen LogP contribution in [0.2, 0.25) is 0 Å². The lowest BCUT2D eigenvalue weighted by atomic mass is 10.1. The van der Waals surface area contributed by atoms with E-state index in [1.807, 2.05) is 11.6 Å². The van der Waals surface area contributed by atoms with E-state index in [2.05, 4.69) is 30.8 Å². The summed E-state index contributed by atoms with van der Waals surface area (Å²) in [6.45, 7) is 2.63. The van der Waals surface area contributed by atoms with Gasteiger partial charge in [0.15, 0.2) is 17.5 Å². The van der Waals surface area contributed by atoms with E-state index in [0.717, 1.165) is 35.6 Å². The number of halogens is 4. The van der Waals surface area contributed by atoms with Crippen molar-refractivity contribution >= 4 is 29.9 Å². The second-order valence-electron chi connectivity index (χ2n) is 6.46. The Bertz CT molecular complexity index is 826. The topological polar surface area (TPSA) is 85.0 Å². The van der Waals surface area contributed by atoms with E-state index in [9.17, 15) is 13.2 Å². The summed E-state index contributed by atoms with van der Waals surface area (Å²) in [5.41, 5.74) is -0.812. The van der Waals surface area contributed by atoms with Crippen molar-refractivity contribution in [3.05, 3.63) is 29.1 Å². The van der Waals surface area contributed by atoms with Crippen LogP contribution in [0.15, 0.2) is 11.2 Å². The van der Waals surface area contributed by atoms with Gasteiger partial charge in [-0.25, -0.2) is 9.67 Å². The highest BCUT2D eigenvalue weighted by Gasteiger charge is 2.36. The predicted molar refractivity (Wildman–Crippen MR) is 108 cm³/mol. The quantitative estimate of drug-likeness (QED) is 0.372. The van der Waals surface area contributed by atoms with Crippen molar-refractivity contribution in [2.24, 2.45) is 12.0 Å². The van der Waals surface area contributed by atoms with Crippen LogP contribution >= 0.6 is 24.0 Å². The van der Waals surface area contributed by atoms with E-state index in [1.165, 1.54) is 13.2 Å². The highest BCUT2D eigenvalue weighted by molar-refractivity contribution is 14.0. The maximum Gasteiger partial charge on any atom is 0.435 e. The molecule has 2 aromatic rings. The minimum Gasteiger partial charge on any atom is -0.352 e. The molecule has 1 aliphatic rings. The smallest absolute Gasteiger partial charge is 0.352 e. The van der Waals surface area contributed by atoms with E-state index < -0.39 is 11.9 Å². The van der Waals surface area contributed by atoms with Crippen LogP contribution in [0.1, 0.15) is 36.3 Å². The second-order valence-corrected chi connectivity index (χ2v) is 6.46. The lowest BCUT2D eigenvalue weighted by Gasteiger charge is -2.25. The van der Waals surface area contributed by atoms with Gasteiger partial charge in [-0.05, 0) is 6.42 Å². The van der Waals surface area contributed by atoms with Crippen molar-refractivity contribution in [2.45, 2.75) is 51.5 Å². The summed E-state index contributed by atoms with van der Waals surface area (Å²) >= 11 is 0.